The molecule has 0 spiro atoms. The number of alkyl halides is 1. The zero-order valence-electron chi connectivity index (χ0n) is 17.3. The number of aromatic nitrogens is 2. The van der Waals surface area contributed by atoms with E-state index in [9.17, 15) is 4.79 Å². The zero-order valence-corrected chi connectivity index (χ0v) is 18.0. The zero-order chi connectivity index (χ0) is 20.8. The number of hydrogen-bond acceptors (Lipinski definition) is 4. The molecule has 158 valence electrons. The normalized spacial score (nSPS) is 22.4. The van der Waals surface area contributed by atoms with Gasteiger partial charge < -0.3 is 4.90 Å². The number of aryl methyl sites for hydroxylation is 1. The highest BCUT2D eigenvalue weighted by Gasteiger charge is 2.33. The van der Waals surface area contributed by atoms with Crippen LogP contribution in [0.5, 0.6) is 0 Å². The molecule has 1 aliphatic heterocycles. The summed E-state index contributed by atoms with van der Waals surface area (Å²) in [7, 11) is 0. The average Bonchev–Trinajstić information content (AvgIpc) is 2.79. The van der Waals surface area contributed by atoms with Crippen molar-refractivity contribution in [3.63, 3.8) is 0 Å². The molecule has 5 nitrogen and oxygen atoms in total. The van der Waals surface area contributed by atoms with Gasteiger partial charge in [0.1, 0.15) is 5.00 Å². The van der Waals surface area contributed by atoms with Crippen molar-refractivity contribution in [2.75, 3.05) is 32.7 Å². The molecule has 30 heavy (non-hydrogen) atoms. The number of rotatable bonds is 7. The van der Waals surface area contributed by atoms with Crippen LogP contribution in [0.1, 0.15) is 19.3 Å². The third kappa shape index (κ3) is 5.09. The predicted octanol–water partition coefficient (Wildman–Crippen LogP) is 3.76. The van der Waals surface area contributed by atoms with E-state index in [-0.39, 0.29) is 10.6 Å². The SMILES string of the molecule is O=c1ccc(-c2ccccc2)nn1CCCCN1CCN(C2(Cl)C=CC=CC2)CC1. The van der Waals surface area contributed by atoms with E-state index in [0.29, 0.717) is 6.54 Å². The van der Waals surface area contributed by atoms with E-state index < -0.39 is 0 Å². The molecular weight excluding hydrogens is 396 g/mol. The molecule has 2 aliphatic rings. The maximum atomic E-state index is 12.2. The Bertz CT molecular complexity index is 947. The van der Waals surface area contributed by atoms with Gasteiger partial charge in [-0.2, -0.15) is 5.10 Å². The summed E-state index contributed by atoms with van der Waals surface area (Å²) in [4.78, 5) is 16.7. The van der Waals surface area contributed by atoms with Crippen molar-refractivity contribution in [2.24, 2.45) is 0 Å². The molecule has 4 rings (SSSR count). The summed E-state index contributed by atoms with van der Waals surface area (Å²) in [5.41, 5.74) is 1.84. The molecule has 1 aromatic heterocycles. The highest BCUT2D eigenvalue weighted by molar-refractivity contribution is 6.25. The highest BCUT2D eigenvalue weighted by atomic mass is 35.5. The van der Waals surface area contributed by atoms with Crippen LogP contribution in [0.3, 0.4) is 0 Å². The van der Waals surface area contributed by atoms with E-state index in [1.165, 1.54) is 0 Å². The Balaban J connectivity index is 1.23. The van der Waals surface area contributed by atoms with Gasteiger partial charge in [-0.3, -0.25) is 9.69 Å². The van der Waals surface area contributed by atoms with Gasteiger partial charge >= 0.3 is 0 Å². The van der Waals surface area contributed by atoms with Crippen LogP contribution < -0.4 is 5.56 Å². The second-order valence-electron chi connectivity index (χ2n) is 7.99. The molecule has 0 amide bonds. The Morgan fingerprint density at radius 3 is 2.43 bits per heavy atom. The molecule has 1 fully saturated rings. The highest BCUT2D eigenvalue weighted by Crippen LogP contribution is 2.30. The van der Waals surface area contributed by atoms with Crippen LogP contribution in [0.4, 0.5) is 0 Å². The Morgan fingerprint density at radius 1 is 0.933 bits per heavy atom. The lowest BCUT2D eigenvalue weighted by Gasteiger charge is -2.43. The van der Waals surface area contributed by atoms with E-state index in [1.807, 2.05) is 36.4 Å². The number of nitrogens with zero attached hydrogens (tertiary/aromatic N) is 4. The van der Waals surface area contributed by atoms with Crippen molar-refractivity contribution in [3.05, 3.63) is 77.1 Å². The molecule has 0 saturated carbocycles. The van der Waals surface area contributed by atoms with Crippen molar-refractivity contribution >= 4 is 11.6 Å². The Labute approximate surface area is 183 Å². The van der Waals surface area contributed by atoms with Gasteiger partial charge in [0.05, 0.1) is 5.69 Å². The van der Waals surface area contributed by atoms with Crippen LogP contribution in [0, 0.1) is 0 Å². The molecule has 0 N–H and O–H groups in total. The number of allylic oxidation sites excluding steroid dienone is 2. The van der Waals surface area contributed by atoms with Crippen LogP contribution in [0.15, 0.2) is 71.6 Å². The summed E-state index contributed by atoms with van der Waals surface area (Å²) in [5.74, 6) is 0. The van der Waals surface area contributed by atoms with E-state index in [4.69, 9.17) is 11.6 Å². The van der Waals surface area contributed by atoms with Gasteiger partial charge in [-0.05, 0) is 31.5 Å². The fourth-order valence-electron chi connectivity index (χ4n) is 4.13. The third-order valence-corrected chi connectivity index (χ3v) is 6.45. The van der Waals surface area contributed by atoms with E-state index >= 15 is 0 Å². The summed E-state index contributed by atoms with van der Waals surface area (Å²) in [6, 6.07) is 13.4. The molecule has 1 atom stereocenters. The van der Waals surface area contributed by atoms with Crippen molar-refractivity contribution in [3.8, 4) is 11.3 Å². The summed E-state index contributed by atoms with van der Waals surface area (Å²) in [6.45, 7) is 5.75. The third-order valence-electron chi connectivity index (χ3n) is 5.93. The smallest absolute Gasteiger partial charge is 0.266 e. The van der Waals surface area contributed by atoms with Gasteiger partial charge in [0.2, 0.25) is 0 Å². The first-order valence-electron chi connectivity index (χ1n) is 10.8. The number of hydrogen-bond donors (Lipinski definition) is 0. The quantitative estimate of drug-likeness (QED) is 0.385. The number of benzene rings is 1. The number of piperazine rings is 1. The molecule has 1 saturated heterocycles. The average molecular weight is 425 g/mol. The Hall–Kier alpha value is -2.21. The molecule has 2 aromatic rings. The lowest BCUT2D eigenvalue weighted by atomic mass is 10.1. The molecule has 6 heteroatoms. The van der Waals surface area contributed by atoms with E-state index in [2.05, 4.69) is 33.1 Å². The molecule has 2 heterocycles. The van der Waals surface area contributed by atoms with Gasteiger partial charge in [0.25, 0.3) is 5.56 Å². The van der Waals surface area contributed by atoms with Crippen LogP contribution >= 0.6 is 11.6 Å². The Kier molecular flexibility index (Phi) is 6.82. The second-order valence-corrected chi connectivity index (χ2v) is 8.65. The fraction of sp³-hybridized carbons (Fsp3) is 0.417. The van der Waals surface area contributed by atoms with Gasteiger partial charge in [-0.15, -0.1) is 0 Å². The van der Waals surface area contributed by atoms with Gasteiger partial charge in [0.15, 0.2) is 0 Å². The molecule has 0 bridgehead atoms. The van der Waals surface area contributed by atoms with Gasteiger partial charge in [-0.1, -0.05) is 60.2 Å². The topological polar surface area (TPSA) is 41.4 Å². The minimum Gasteiger partial charge on any atom is -0.301 e. The summed E-state index contributed by atoms with van der Waals surface area (Å²) < 4.78 is 1.60. The molecule has 1 aliphatic carbocycles. The first kappa shape index (κ1) is 21.0. The van der Waals surface area contributed by atoms with E-state index in [1.54, 1.807) is 16.8 Å². The van der Waals surface area contributed by atoms with E-state index in [0.717, 1.165) is 63.2 Å². The van der Waals surface area contributed by atoms with Crippen LogP contribution in [-0.2, 0) is 6.54 Å². The maximum Gasteiger partial charge on any atom is 0.266 e. The first-order valence-corrected chi connectivity index (χ1v) is 11.2. The second kappa shape index (κ2) is 9.73. The van der Waals surface area contributed by atoms with Crippen LogP contribution in [-0.4, -0.2) is 57.3 Å². The van der Waals surface area contributed by atoms with Gasteiger partial charge in [-0.25, -0.2) is 4.68 Å². The van der Waals surface area contributed by atoms with Crippen LogP contribution in [0.25, 0.3) is 11.3 Å². The minimum absolute atomic E-state index is 0.0368. The van der Waals surface area contributed by atoms with Crippen molar-refractivity contribution < 1.29 is 0 Å². The number of unbranched alkanes of at least 4 members (excludes halogenated alkanes) is 1. The fourth-order valence-corrected chi connectivity index (χ4v) is 4.46. The maximum absolute atomic E-state index is 12.2. The first-order chi connectivity index (χ1) is 14.6. The molecule has 1 aromatic carbocycles. The summed E-state index contributed by atoms with van der Waals surface area (Å²) >= 11 is 6.80. The largest absolute Gasteiger partial charge is 0.301 e. The molecular formula is C24H29ClN4O. The van der Waals surface area contributed by atoms with Crippen molar-refractivity contribution in [2.45, 2.75) is 30.8 Å². The summed E-state index contributed by atoms with van der Waals surface area (Å²) in [5, 5.41) is 4.55. The van der Waals surface area contributed by atoms with Gasteiger partial charge in [0, 0.05) is 50.8 Å². The minimum atomic E-state index is -0.350. The standard InChI is InChI=1S/C24H29ClN4O/c25-24(13-5-2-6-14-24)28-19-17-27(18-20-28)15-7-8-16-29-23(30)12-11-22(26-29)21-9-3-1-4-10-21/h1-6,9-13H,7-8,14-20H2. The predicted molar refractivity (Wildman–Crippen MR) is 123 cm³/mol. The lowest BCUT2D eigenvalue weighted by Crippen LogP contribution is -2.54. The molecule has 0 radical (unpaired) electrons. The van der Waals surface area contributed by atoms with Crippen LogP contribution in [0.2, 0.25) is 0 Å². The Morgan fingerprint density at radius 2 is 1.70 bits per heavy atom. The van der Waals surface area contributed by atoms with Crippen molar-refractivity contribution in [1.29, 1.82) is 0 Å². The summed E-state index contributed by atoms with van der Waals surface area (Å²) in [6.07, 6.45) is 11.2. The number of halogens is 1. The lowest BCUT2D eigenvalue weighted by molar-refractivity contribution is 0.0951. The monoisotopic (exact) mass is 424 g/mol. The molecule has 1 unspecified atom stereocenters. The van der Waals surface area contributed by atoms with Crippen molar-refractivity contribution in [1.82, 2.24) is 19.6 Å².